The van der Waals surface area contributed by atoms with E-state index in [1.54, 1.807) is 0 Å². The summed E-state index contributed by atoms with van der Waals surface area (Å²) in [4.78, 5) is 2.54. The first-order valence-corrected chi connectivity index (χ1v) is 8.06. The Morgan fingerprint density at radius 1 is 1.24 bits per heavy atom. The summed E-state index contributed by atoms with van der Waals surface area (Å²) >= 11 is 0. The van der Waals surface area contributed by atoms with Gasteiger partial charge in [-0.25, -0.2) is 0 Å². The van der Waals surface area contributed by atoms with Crippen LogP contribution in [0.2, 0.25) is 0 Å². The molecule has 0 spiro atoms. The van der Waals surface area contributed by atoms with Gasteiger partial charge in [-0.05, 0) is 44.4 Å². The van der Waals surface area contributed by atoms with Crippen molar-refractivity contribution in [3.63, 3.8) is 0 Å². The standard InChI is InChI=1S/C17H26N2O2/c1-12-10-15(18)6-7-19(12)13(2)14-4-5-16-17(11-14)21-9-3-8-20-16/h4-5,11-13,15H,3,6-10,18H2,1-2H3. The number of rotatable bonds is 2. The molecule has 4 heteroatoms. The van der Waals surface area contributed by atoms with Gasteiger partial charge in [-0.1, -0.05) is 6.07 Å². The molecule has 0 radical (unpaired) electrons. The van der Waals surface area contributed by atoms with Crippen molar-refractivity contribution in [1.29, 1.82) is 0 Å². The molecule has 0 saturated carbocycles. The van der Waals surface area contributed by atoms with E-state index >= 15 is 0 Å². The SMILES string of the molecule is CC1CC(N)CCN1C(C)c1ccc2c(c1)OCCCO2. The van der Waals surface area contributed by atoms with Gasteiger partial charge in [0.1, 0.15) is 0 Å². The van der Waals surface area contributed by atoms with Gasteiger partial charge in [-0.15, -0.1) is 0 Å². The van der Waals surface area contributed by atoms with Crippen molar-refractivity contribution in [2.75, 3.05) is 19.8 Å². The number of piperidine rings is 1. The lowest BCUT2D eigenvalue weighted by molar-refractivity contribution is 0.104. The summed E-state index contributed by atoms with van der Waals surface area (Å²) in [6.45, 7) is 7.09. The molecule has 0 amide bonds. The lowest BCUT2D eigenvalue weighted by Crippen LogP contribution is -2.46. The zero-order valence-electron chi connectivity index (χ0n) is 13.0. The topological polar surface area (TPSA) is 47.7 Å². The van der Waals surface area contributed by atoms with Crippen LogP contribution in [0.15, 0.2) is 18.2 Å². The van der Waals surface area contributed by atoms with Gasteiger partial charge >= 0.3 is 0 Å². The second kappa shape index (κ2) is 6.24. The molecule has 3 unspecified atom stereocenters. The molecule has 3 atom stereocenters. The summed E-state index contributed by atoms with van der Waals surface area (Å²) in [7, 11) is 0. The molecule has 1 aromatic rings. The molecule has 2 heterocycles. The van der Waals surface area contributed by atoms with Crippen LogP contribution in [0, 0.1) is 0 Å². The second-order valence-electron chi connectivity index (χ2n) is 6.30. The molecule has 0 aromatic heterocycles. The number of hydrogen-bond donors (Lipinski definition) is 1. The van der Waals surface area contributed by atoms with Crippen molar-refractivity contribution in [2.24, 2.45) is 5.73 Å². The Hall–Kier alpha value is -1.26. The number of hydrogen-bond acceptors (Lipinski definition) is 4. The largest absolute Gasteiger partial charge is 0.490 e. The average Bonchev–Trinajstić information content (AvgIpc) is 2.71. The first kappa shape index (κ1) is 14.7. The minimum Gasteiger partial charge on any atom is -0.490 e. The maximum atomic E-state index is 6.07. The normalized spacial score (nSPS) is 28.0. The molecule has 2 aliphatic rings. The van der Waals surface area contributed by atoms with E-state index in [4.69, 9.17) is 15.2 Å². The predicted octanol–water partition coefficient (Wildman–Crippen LogP) is 2.72. The van der Waals surface area contributed by atoms with Gasteiger partial charge in [0.15, 0.2) is 11.5 Å². The quantitative estimate of drug-likeness (QED) is 0.910. The van der Waals surface area contributed by atoms with E-state index in [1.165, 1.54) is 5.56 Å². The number of nitrogens with zero attached hydrogens (tertiary/aromatic N) is 1. The molecule has 2 N–H and O–H groups in total. The summed E-state index contributed by atoms with van der Waals surface area (Å²) in [5.74, 6) is 1.76. The van der Waals surface area contributed by atoms with Crippen LogP contribution in [0.25, 0.3) is 0 Å². The number of nitrogens with two attached hydrogens (primary N) is 1. The van der Waals surface area contributed by atoms with Gasteiger partial charge in [-0.2, -0.15) is 0 Å². The number of benzene rings is 1. The van der Waals surface area contributed by atoms with Gasteiger partial charge in [0.25, 0.3) is 0 Å². The van der Waals surface area contributed by atoms with Crippen LogP contribution in [-0.4, -0.2) is 36.7 Å². The fraction of sp³-hybridized carbons (Fsp3) is 0.647. The molecule has 1 saturated heterocycles. The van der Waals surface area contributed by atoms with Crippen molar-refractivity contribution in [2.45, 2.75) is 51.2 Å². The zero-order valence-corrected chi connectivity index (χ0v) is 13.0. The van der Waals surface area contributed by atoms with Crippen LogP contribution in [0.4, 0.5) is 0 Å². The lowest BCUT2D eigenvalue weighted by atomic mass is 9.95. The van der Waals surface area contributed by atoms with Gasteiger partial charge in [0.2, 0.25) is 0 Å². The number of ether oxygens (including phenoxy) is 2. The second-order valence-corrected chi connectivity index (χ2v) is 6.30. The summed E-state index contributed by atoms with van der Waals surface area (Å²) in [6.07, 6.45) is 3.11. The molecule has 0 aliphatic carbocycles. The van der Waals surface area contributed by atoms with Crippen molar-refractivity contribution in [3.8, 4) is 11.5 Å². The van der Waals surface area contributed by atoms with Crippen LogP contribution < -0.4 is 15.2 Å². The molecule has 1 fully saturated rings. The molecule has 21 heavy (non-hydrogen) atoms. The third-order valence-electron chi connectivity index (χ3n) is 4.72. The van der Waals surface area contributed by atoms with Crippen LogP contribution in [0.3, 0.4) is 0 Å². The van der Waals surface area contributed by atoms with Gasteiger partial charge in [0.05, 0.1) is 13.2 Å². The Balaban J connectivity index is 1.78. The highest BCUT2D eigenvalue weighted by atomic mass is 16.5. The molecule has 3 rings (SSSR count). The maximum Gasteiger partial charge on any atom is 0.161 e. The highest BCUT2D eigenvalue weighted by molar-refractivity contribution is 5.44. The molecule has 4 nitrogen and oxygen atoms in total. The van der Waals surface area contributed by atoms with Crippen molar-refractivity contribution in [3.05, 3.63) is 23.8 Å². The van der Waals surface area contributed by atoms with Crippen LogP contribution in [0.1, 0.15) is 44.7 Å². The van der Waals surface area contributed by atoms with E-state index in [0.29, 0.717) is 18.1 Å². The Labute approximate surface area is 127 Å². The smallest absolute Gasteiger partial charge is 0.161 e. The van der Waals surface area contributed by atoms with Gasteiger partial charge in [0, 0.05) is 31.1 Å². The molecule has 116 valence electrons. The fourth-order valence-electron chi connectivity index (χ4n) is 3.43. The molecular weight excluding hydrogens is 264 g/mol. The first-order valence-electron chi connectivity index (χ1n) is 8.06. The van der Waals surface area contributed by atoms with E-state index in [0.717, 1.165) is 50.5 Å². The molecular formula is C17H26N2O2. The summed E-state index contributed by atoms with van der Waals surface area (Å²) in [5.41, 5.74) is 7.36. The van der Waals surface area contributed by atoms with Gasteiger partial charge < -0.3 is 15.2 Å². The minimum absolute atomic E-state index is 0.354. The van der Waals surface area contributed by atoms with E-state index in [-0.39, 0.29) is 0 Å². The molecule has 1 aromatic carbocycles. The predicted molar refractivity (Wildman–Crippen MR) is 83.8 cm³/mol. The zero-order chi connectivity index (χ0) is 14.8. The van der Waals surface area contributed by atoms with E-state index in [1.807, 2.05) is 6.07 Å². The van der Waals surface area contributed by atoms with E-state index in [9.17, 15) is 0 Å². The lowest BCUT2D eigenvalue weighted by Gasteiger charge is -2.40. The Morgan fingerprint density at radius 2 is 2.00 bits per heavy atom. The third kappa shape index (κ3) is 3.16. The van der Waals surface area contributed by atoms with E-state index in [2.05, 4.69) is 30.9 Å². The first-order chi connectivity index (χ1) is 10.1. The molecule has 0 bridgehead atoms. The third-order valence-corrected chi connectivity index (χ3v) is 4.72. The summed E-state index contributed by atoms with van der Waals surface area (Å²) < 4.78 is 11.5. The van der Waals surface area contributed by atoms with Crippen LogP contribution in [0.5, 0.6) is 11.5 Å². The summed E-state index contributed by atoms with van der Waals surface area (Å²) in [5, 5.41) is 0. The van der Waals surface area contributed by atoms with Crippen molar-refractivity contribution >= 4 is 0 Å². The summed E-state index contributed by atoms with van der Waals surface area (Å²) in [6, 6.07) is 7.62. The highest BCUT2D eigenvalue weighted by Crippen LogP contribution is 2.35. The van der Waals surface area contributed by atoms with Gasteiger partial charge in [-0.3, -0.25) is 4.90 Å². The van der Waals surface area contributed by atoms with Crippen LogP contribution >= 0.6 is 0 Å². The maximum absolute atomic E-state index is 6.07. The fourth-order valence-corrected chi connectivity index (χ4v) is 3.43. The van der Waals surface area contributed by atoms with Crippen molar-refractivity contribution < 1.29 is 9.47 Å². The number of fused-ring (bicyclic) bond motifs is 1. The minimum atomic E-state index is 0.354. The van der Waals surface area contributed by atoms with Crippen molar-refractivity contribution in [1.82, 2.24) is 4.90 Å². The Bertz CT molecular complexity index is 492. The monoisotopic (exact) mass is 290 g/mol. The molecule has 2 aliphatic heterocycles. The average molecular weight is 290 g/mol. The Kier molecular flexibility index (Phi) is 4.36. The highest BCUT2D eigenvalue weighted by Gasteiger charge is 2.28. The van der Waals surface area contributed by atoms with Crippen LogP contribution in [-0.2, 0) is 0 Å². The van der Waals surface area contributed by atoms with E-state index < -0.39 is 0 Å². The number of likely N-dealkylation sites (tertiary alicyclic amines) is 1. The Morgan fingerprint density at radius 3 is 2.76 bits per heavy atom.